The van der Waals surface area contributed by atoms with Crippen LogP contribution in [0, 0.1) is 5.82 Å². The summed E-state index contributed by atoms with van der Waals surface area (Å²) in [6.45, 7) is 0. The van der Waals surface area contributed by atoms with Crippen molar-refractivity contribution in [1.29, 1.82) is 0 Å². The van der Waals surface area contributed by atoms with Crippen molar-refractivity contribution in [2.75, 3.05) is 0 Å². The first-order chi connectivity index (χ1) is 5.36. The first kappa shape index (κ1) is 6.22. The summed E-state index contributed by atoms with van der Waals surface area (Å²) in [4.78, 5) is 7.72. The van der Waals surface area contributed by atoms with Gasteiger partial charge < -0.3 is 0 Å². The van der Waals surface area contributed by atoms with Crippen molar-refractivity contribution in [2.24, 2.45) is 0 Å². The molecule has 0 unspecified atom stereocenters. The van der Waals surface area contributed by atoms with Crippen LogP contribution in [0.4, 0.5) is 4.39 Å². The van der Waals surface area contributed by atoms with Gasteiger partial charge in [-0.15, -0.1) is 0 Å². The molecule has 2 aromatic rings. The summed E-state index contributed by atoms with van der Waals surface area (Å²) < 4.78 is 12.6. The van der Waals surface area contributed by atoms with Crippen LogP contribution in [-0.4, -0.2) is 9.97 Å². The molecule has 0 radical (unpaired) electrons. The predicted octanol–water partition coefficient (Wildman–Crippen LogP) is 1.77. The van der Waals surface area contributed by atoms with Gasteiger partial charge in [0.05, 0.1) is 5.52 Å². The van der Waals surface area contributed by atoms with E-state index >= 15 is 0 Å². The summed E-state index contributed by atoms with van der Waals surface area (Å²) in [5.74, 6) is -0.257. The zero-order chi connectivity index (χ0) is 7.68. The molecular weight excluding hydrogens is 143 g/mol. The maximum Gasteiger partial charge on any atom is 0.124 e. The van der Waals surface area contributed by atoms with Gasteiger partial charge in [0, 0.05) is 11.6 Å². The molecule has 2 rings (SSSR count). The average molecular weight is 148 g/mol. The van der Waals surface area contributed by atoms with Gasteiger partial charge in [-0.3, -0.25) is 0 Å². The molecule has 0 N–H and O–H groups in total. The fourth-order valence-electron chi connectivity index (χ4n) is 0.956. The molecule has 0 aliphatic heterocycles. The van der Waals surface area contributed by atoms with Crippen molar-refractivity contribution in [1.82, 2.24) is 9.97 Å². The van der Waals surface area contributed by atoms with Gasteiger partial charge in [-0.1, -0.05) is 0 Å². The number of hydrogen-bond acceptors (Lipinski definition) is 2. The molecule has 0 amide bonds. The summed E-state index contributed by atoms with van der Waals surface area (Å²) in [5.41, 5.74) is 0.765. The summed E-state index contributed by atoms with van der Waals surface area (Å²) in [6, 6.07) is 4.43. The highest BCUT2D eigenvalue weighted by atomic mass is 19.1. The average Bonchev–Trinajstić information content (AvgIpc) is 2.04. The zero-order valence-electron chi connectivity index (χ0n) is 5.66. The molecule has 1 heterocycles. The maximum atomic E-state index is 12.6. The van der Waals surface area contributed by atoms with Crippen LogP contribution in [0.2, 0.25) is 0 Å². The van der Waals surface area contributed by atoms with Gasteiger partial charge in [-0.2, -0.15) is 0 Å². The molecular formula is C8H5FN2. The first-order valence-electron chi connectivity index (χ1n) is 3.21. The third kappa shape index (κ3) is 1.05. The van der Waals surface area contributed by atoms with Crippen LogP contribution in [0.15, 0.2) is 30.7 Å². The van der Waals surface area contributed by atoms with Crippen LogP contribution in [-0.2, 0) is 0 Å². The summed E-state index contributed by atoms with van der Waals surface area (Å²) >= 11 is 0. The molecule has 3 heteroatoms. The minimum atomic E-state index is -0.257. The summed E-state index contributed by atoms with van der Waals surface area (Å²) in [6.07, 6.45) is 3.03. The lowest BCUT2D eigenvalue weighted by Crippen LogP contribution is -1.81. The lowest BCUT2D eigenvalue weighted by molar-refractivity contribution is 0.629. The molecule has 11 heavy (non-hydrogen) atoms. The predicted molar refractivity (Wildman–Crippen MR) is 39.5 cm³/mol. The van der Waals surface area contributed by atoms with Crippen LogP contribution >= 0.6 is 0 Å². The van der Waals surface area contributed by atoms with Crippen LogP contribution < -0.4 is 0 Å². The molecule has 2 nitrogen and oxygen atoms in total. The van der Waals surface area contributed by atoms with Crippen molar-refractivity contribution in [3.63, 3.8) is 0 Å². The van der Waals surface area contributed by atoms with E-state index in [0.717, 1.165) is 10.9 Å². The number of rotatable bonds is 0. The van der Waals surface area contributed by atoms with E-state index in [0.29, 0.717) is 0 Å². The van der Waals surface area contributed by atoms with Gasteiger partial charge in [0.2, 0.25) is 0 Å². The second kappa shape index (κ2) is 2.27. The Hall–Kier alpha value is -1.51. The highest BCUT2D eigenvalue weighted by Gasteiger charge is 1.94. The second-order valence-corrected chi connectivity index (χ2v) is 2.23. The Labute approximate surface area is 62.7 Å². The lowest BCUT2D eigenvalue weighted by atomic mass is 10.2. The molecule has 0 saturated carbocycles. The van der Waals surface area contributed by atoms with Gasteiger partial charge in [0.25, 0.3) is 0 Å². The van der Waals surface area contributed by atoms with E-state index in [1.54, 1.807) is 12.3 Å². The minimum absolute atomic E-state index is 0.257. The summed E-state index contributed by atoms with van der Waals surface area (Å²) in [5, 5.41) is 0.729. The van der Waals surface area contributed by atoms with Crippen molar-refractivity contribution in [3.05, 3.63) is 36.5 Å². The first-order valence-corrected chi connectivity index (χ1v) is 3.21. The van der Waals surface area contributed by atoms with E-state index in [2.05, 4.69) is 9.97 Å². The Morgan fingerprint density at radius 3 is 3.09 bits per heavy atom. The van der Waals surface area contributed by atoms with Crippen LogP contribution in [0.5, 0.6) is 0 Å². The van der Waals surface area contributed by atoms with Crippen molar-refractivity contribution >= 4 is 10.9 Å². The molecule has 0 spiro atoms. The molecule has 0 aliphatic rings. The van der Waals surface area contributed by atoms with Crippen molar-refractivity contribution < 1.29 is 4.39 Å². The van der Waals surface area contributed by atoms with E-state index in [-0.39, 0.29) is 5.82 Å². The Morgan fingerprint density at radius 2 is 2.18 bits per heavy atom. The largest absolute Gasteiger partial charge is 0.244 e. The summed E-state index contributed by atoms with van der Waals surface area (Å²) in [7, 11) is 0. The molecule has 0 fully saturated rings. The van der Waals surface area contributed by atoms with E-state index in [4.69, 9.17) is 0 Å². The smallest absolute Gasteiger partial charge is 0.124 e. The highest BCUT2D eigenvalue weighted by molar-refractivity contribution is 5.76. The van der Waals surface area contributed by atoms with Gasteiger partial charge in [0.15, 0.2) is 0 Å². The Balaban J connectivity index is 2.83. The molecule has 54 valence electrons. The lowest BCUT2D eigenvalue weighted by Gasteiger charge is -1.93. The maximum absolute atomic E-state index is 12.6. The standard InChI is InChI=1S/C8H5FN2/c9-7-1-2-8-6(3-7)4-10-5-11-8/h1-5H. The van der Waals surface area contributed by atoms with Crippen LogP contribution in [0.3, 0.4) is 0 Å². The van der Waals surface area contributed by atoms with Gasteiger partial charge >= 0.3 is 0 Å². The third-order valence-electron chi connectivity index (χ3n) is 1.47. The van der Waals surface area contributed by atoms with Crippen LogP contribution in [0.1, 0.15) is 0 Å². The monoisotopic (exact) mass is 148 g/mol. The van der Waals surface area contributed by atoms with E-state index in [1.807, 2.05) is 0 Å². The number of aromatic nitrogens is 2. The van der Waals surface area contributed by atoms with Crippen molar-refractivity contribution in [2.45, 2.75) is 0 Å². The SMILES string of the molecule is Fc1ccc2ncncc2c1. The molecule has 0 bridgehead atoms. The van der Waals surface area contributed by atoms with Crippen molar-refractivity contribution in [3.8, 4) is 0 Å². The van der Waals surface area contributed by atoms with Gasteiger partial charge in [-0.25, -0.2) is 14.4 Å². The minimum Gasteiger partial charge on any atom is -0.244 e. The molecule has 0 saturated heterocycles. The van der Waals surface area contributed by atoms with Gasteiger partial charge in [-0.05, 0) is 18.2 Å². The second-order valence-electron chi connectivity index (χ2n) is 2.23. The number of benzene rings is 1. The fraction of sp³-hybridized carbons (Fsp3) is 0. The zero-order valence-corrected chi connectivity index (χ0v) is 5.66. The molecule has 1 aromatic carbocycles. The Bertz CT molecular complexity index is 387. The topological polar surface area (TPSA) is 25.8 Å². The number of halogens is 1. The Morgan fingerprint density at radius 1 is 1.27 bits per heavy atom. The fourth-order valence-corrected chi connectivity index (χ4v) is 0.956. The third-order valence-corrected chi connectivity index (χ3v) is 1.47. The van der Waals surface area contributed by atoms with E-state index in [9.17, 15) is 4.39 Å². The van der Waals surface area contributed by atoms with E-state index in [1.165, 1.54) is 18.5 Å². The number of nitrogens with zero attached hydrogens (tertiary/aromatic N) is 2. The highest BCUT2D eigenvalue weighted by Crippen LogP contribution is 2.10. The molecule has 0 atom stereocenters. The van der Waals surface area contributed by atoms with Gasteiger partial charge in [0.1, 0.15) is 12.1 Å². The molecule has 0 aliphatic carbocycles. The van der Waals surface area contributed by atoms with Crippen LogP contribution in [0.25, 0.3) is 10.9 Å². The normalized spacial score (nSPS) is 10.3. The molecule has 1 aromatic heterocycles. The number of hydrogen-bond donors (Lipinski definition) is 0. The van der Waals surface area contributed by atoms with E-state index < -0.39 is 0 Å². The Kier molecular flexibility index (Phi) is 1.28. The quantitative estimate of drug-likeness (QED) is 0.569. The number of fused-ring (bicyclic) bond motifs is 1.